The number of H-pyrrole nitrogens is 1. The molecule has 106 valence electrons. The number of rotatable bonds is 3. The Balaban J connectivity index is 1.61. The van der Waals surface area contributed by atoms with E-state index >= 15 is 0 Å². The summed E-state index contributed by atoms with van der Waals surface area (Å²) in [7, 11) is 0. The van der Waals surface area contributed by atoms with Crippen LogP contribution in [0.25, 0.3) is 11.3 Å². The highest BCUT2D eigenvalue weighted by Gasteiger charge is 2.26. The number of aromatic amines is 1. The Kier molecular flexibility index (Phi) is 3.51. The average molecular weight is 269 g/mol. The van der Waals surface area contributed by atoms with E-state index in [1.54, 1.807) is 6.33 Å². The minimum absolute atomic E-state index is 0.530. The molecule has 1 heterocycles. The van der Waals surface area contributed by atoms with Crippen molar-refractivity contribution in [2.24, 2.45) is 5.41 Å². The van der Waals surface area contributed by atoms with Crippen molar-refractivity contribution in [1.29, 1.82) is 0 Å². The van der Waals surface area contributed by atoms with Crippen molar-refractivity contribution in [3.63, 3.8) is 0 Å². The summed E-state index contributed by atoms with van der Waals surface area (Å²) in [4.78, 5) is 7.19. The van der Waals surface area contributed by atoms with Gasteiger partial charge in [0.2, 0.25) is 0 Å². The number of nitrogens with zero attached hydrogens (tertiary/aromatic N) is 1. The van der Waals surface area contributed by atoms with Gasteiger partial charge in [0.15, 0.2) is 0 Å². The number of nitrogens with one attached hydrogen (secondary N) is 2. The third kappa shape index (κ3) is 3.03. The van der Waals surface area contributed by atoms with Crippen LogP contribution in [0, 0.1) is 5.41 Å². The Morgan fingerprint density at radius 1 is 1.15 bits per heavy atom. The monoisotopic (exact) mass is 269 g/mol. The number of aromatic nitrogens is 2. The number of imidazole rings is 1. The predicted octanol–water partition coefficient (Wildman–Crippen LogP) is 4.46. The zero-order chi connectivity index (χ0) is 14.0. The average Bonchev–Trinajstić information content (AvgIpc) is 2.96. The van der Waals surface area contributed by atoms with Crippen molar-refractivity contribution in [1.82, 2.24) is 9.97 Å². The van der Waals surface area contributed by atoms with Crippen LogP contribution in [-0.4, -0.2) is 16.0 Å². The third-order valence-electron chi connectivity index (χ3n) is 4.40. The molecule has 20 heavy (non-hydrogen) atoms. The van der Waals surface area contributed by atoms with E-state index in [4.69, 9.17) is 0 Å². The van der Waals surface area contributed by atoms with Crippen molar-refractivity contribution >= 4 is 5.69 Å². The molecular formula is C17H23N3. The minimum atomic E-state index is 0.530. The molecule has 2 N–H and O–H groups in total. The Morgan fingerprint density at radius 2 is 1.85 bits per heavy atom. The van der Waals surface area contributed by atoms with Gasteiger partial charge in [0.25, 0.3) is 0 Å². The number of hydrogen-bond donors (Lipinski definition) is 2. The van der Waals surface area contributed by atoms with E-state index < -0.39 is 0 Å². The van der Waals surface area contributed by atoms with Crippen LogP contribution in [0.4, 0.5) is 5.69 Å². The predicted molar refractivity (Wildman–Crippen MR) is 83.7 cm³/mol. The van der Waals surface area contributed by atoms with Crippen LogP contribution in [0.2, 0.25) is 0 Å². The summed E-state index contributed by atoms with van der Waals surface area (Å²) >= 11 is 0. The Labute approximate surface area is 120 Å². The molecule has 1 fully saturated rings. The molecule has 0 aliphatic heterocycles. The van der Waals surface area contributed by atoms with Crippen LogP contribution in [0.3, 0.4) is 0 Å². The first-order chi connectivity index (χ1) is 9.62. The highest BCUT2D eigenvalue weighted by atomic mass is 14.9. The lowest BCUT2D eigenvalue weighted by Crippen LogP contribution is -2.29. The molecule has 0 unspecified atom stereocenters. The molecule has 3 heteroatoms. The lowest BCUT2D eigenvalue weighted by atomic mass is 9.75. The second-order valence-electron chi connectivity index (χ2n) is 6.63. The van der Waals surface area contributed by atoms with Gasteiger partial charge < -0.3 is 10.3 Å². The van der Waals surface area contributed by atoms with Crippen molar-refractivity contribution in [3.05, 3.63) is 36.8 Å². The minimum Gasteiger partial charge on any atom is -0.382 e. The van der Waals surface area contributed by atoms with Crippen LogP contribution < -0.4 is 5.32 Å². The summed E-state index contributed by atoms with van der Waals surface area (Å²) in [6, 6.07) is 9.23. The summed E-state index contributed by atoms with van der Waals surface area (Å²) in [6.07, 6.45) is 8.75. The fraction of sp³-hybridized carbons (Fsp3) is 0.471. The molecule has 1 aromatic carbocycles. The van der Waals surface area contributed by atoms with Crippen LogP contribution in [0.5, 0.6) is 0 Å². The molecule has 0 amide bonds. The lowest BCUT2D eigenvalue weighted by Gasteiger charge is -2.35. The number of benzene rings is 1. The summed E-state index contributed by atoms with van der Waals surface area (Å²) in [5.41, 5.74) is 4.00. The zero-order valence-corrected chi connectivity index (χ0v) is 12.3. The maximum atomic E-state index is 4.06. The molecule has 3 nitrogen and oxygen atoms in total. The largest absolute Gasteiger partial charge is 0.382 e. The highest BCUT2D eigenvalue weighted by molar-refractivity contribution is 5.62. The van der Waals surface area contributed by atoms with Gasteiger partial charge in [-0.15, -0.1) is 0 Å². The first kappa shape index (κ1) is 13.2. The molecule has 0 bridgehead atoms. The number of anilines is 1. The van der Waals surface area contributed by atoms with Gasteiger partial charge in [-0.3, -0.25) is 0 Å². The first-order valence-electron chi connectivity index (χ1n) is 7.48. The molecule has 2 aromatic rings. The van der Waals surface area contributed by atoms with Crippen LogP contribution >= 0.6 is 0 Å². The van der Waals surface area contributed by atoms with Gasteiger partial charge in [-0.05, 0) is 48.8 Å². The van der Waals surface area contributed by atoms with Crippen LogP contribution in [-0.2, 0) is 0 Å². The van der Waals surface area contributed by atoms with Crippen LogP contribution in [0.15, 0.2) is 36.8 Å². The molecule has 1 aliphatic rings. The molecule has 0 spiro atoms. The van der Waals surface area contributed by atoms with E-state index in [9.17, 15) is 0 Å². The van der Waals surface area contributed by atoms with E-state index in [2.05, 4.69) is 53.4 Å². The standard InChI is InChI=1S/C17H23N3/c1-17(2)9-7-15(8-10-17)20-14-5-3-13(4-6-14)16-11-18-12-19-16/h3-6,11-12,15,20H,7-10H2,1-2H3,(H,18,19). The van der Waals surface area contributed by atoms with Crippen molar-refractivity contribution < 1.29 is 0 Å². The summed E-state index contributed by atoms with van der Waals surface area (Å²) in [5, 5.41) is 3.67. The quantitative estimate of drug-likeness (QED) is 0.863. The molecule has 1 aliphatic carbocycles. The molecule has 3 rings (SSSR count). The van der Waals surface area contributed by atoms with Crippen molar-refractivity contribution in [3.8, 4) is 11.3 Å². The summed E-state index contributed by atoms with van der Waals surface area (Å²) in [6.45, 7) is 4.75. The Morgan fingerprint density at radius 3 is 2.45 bits per heavy atom. The first-order valence-corrected chi connectivity index (χ1v) is 7.48. The van der Waals surface area contributed by atoms with Gasteiger partial charge in [0.05, 0.1) is 18.2 Å². The van der Waals surface area contributed by atoms with Crippen molar-refractivity contribution in [2.45, 2.75) is 45.6 Å². The Hall–Kier alpha value is -1.77. The molecule has 0 saturated heterocycles. The lowest BCUT2D eigenvalue weighted by molar-refractivity contribution is 0.232. The van der Waals surface area contributed by atoms with E-state index in [-0.39, 0.29) is 0 Å². The normalized spacial score (nSPS) is 18.9. The molecular weight excluding hydrogens is 246 g/mol. The summed E-state index contributed by atoms with van der Waals surface area (Å²) < 4.78 is 0. The molecule has 0 atom stereocenters. The van der Waals surface area contributed by atoms with Gasteiger partial charge in [-0.1, -0.05) is 26.0 Å². The zero-order valence-electron chi connectivity index (χ0n) is 12.3. The topological polar surface area (TPSA) is 40.7 Å². The third-order valence-corrected chi connectivity index (χ3v) is 4.40. The second kappa shape index (κ2) is 5.31. The number of hydrogen-bond acceptors (Lipinski definition) is 2. The molecule has 0 radical (unpaired) electrons. The fourth-order valence-corrected chi connectivity index (χ4v) is 2.94. The van der Waals surface area contributed by atoms with Gasteiger partial charge in [-0.2, -0.15) is 0 Å². The van der Waals surface area contributed by atoms with E-state index in [1.807, 2.05) is 6.20 Å². The Bertz CT molecular complexity index is 530. The van der Waals surface area contributed by atoms with Gasteiger partial charge in [-0.25, -0.2) is 4.98 Å². The summed E-state index contributed by atoms with van der Waals surface area (Å²) in [5.74, 6) is 0. The SMILES string of the molecule is CC1(C)CCC(Nc2ccc(-c3cnc[nH]3)cc2)CC1. The van der Waals surface area contributed by atoms with E-state index in [0.29, 0.717) is 11.5 Å². The molecule has 1 saturated carbocycles. The van der Waals surface area contributed by atoms with Crippen LogP contribution in [0.1, 0.15) is 39.5 Å². The highest BCUT2D eigenvalue weighted by Crippen LogP contribution is 2.36. The maximum Gasteiger partial charge on any atom is 0.0924 e. The second-order valence-corrected chi connectivity index (χ2v) is 6.63. The van der Waals surface area contributed by atoms with Gasteiger partial charge in [0.1, 0.15) is 0 Å². The van der Waals surface area contributed by atoms with Crippen molar-refractivity contribution in [2.75, 3.05) is 5.32 Å². The molecule has 1 aromatic heterocycles. The maximum absolute atomic E-state index is 4.06. The smallest absolute Gasteiger partial charge is 0.0924 e. The fourth-order valence-electron chi connectivity index (χ4n) is 2.94. The van der Waals surface area contributed by atoms with Gasteiger partial charge in [0, 0.05) is 11.7 Å². The van der Waals surface area contributed by atoms with E-state index in [1.165, 1.54) is 36.9 Å². The van der Waals surface area contributed by atoms with Gasteiger partial charge >= 0.3 is 0 Å². The van der Waals surface area contributed by atoms with E-state index in [0.717, 1.165) is 5.69 Å².